The first kappa shape index (κ1) is 21.6. The lowest BCUT2D eigenvalue weighted by molar-refractivity contribution is -0.142. The van der Waals surface area contributed by atoms with E-state index in [0.717, 1.165) is 62.6 Å². The maximum Gasteiger partial charge on any atom is 0.408 e. The SMILES string of the molecule is O=C(N1CC2(CC(n3cnc(C4CC4)n3)C2)C1)N1CC2(CN(Cc3ccn(CC(F)(F)F)n3)C2)C1. The molecule has 0 radical (unpaired) electrons. The van der Waals surface area contributed by atoms with Gasteiger partial charge in [-0.3, -0.25) is 9.58 Å². The van der Waals surface area contributed by atoms with Gasteiger partial charge in [-0.05, 0) is 31.7 Å². The summed E-state index contributed by atoms with van der Waals surface area (Å²) in [5.74, 6) is 1.57. The average Bonchev–Trinajstić information content (AvgIpc) is 3.24. The van der Waals surface area contributed by atoms with Crippen molar-refractivity contribution in [1.29, 1.82) is 0 Å². The number of aromatic nitrogens is 5. The van der Waals surface area contributed by atoms with E-state index in [1.165, 1.54) is 19.0 Å². The van der Waals surface area contributed by atoms with Crippen LogP contribution in [-0.4, -0.2) is 90.7 Å². The van der Waals surface area contributed by atoms with Crippen molar-refractivity contribution in [2.45, 2.75) is 56.9 Å². The molecule has 5 heterocycles. The summed E-state index contributed by atoms with van der Waals surface area (Å²) in [5.41, 5.74) is 1.05. The molecule has 2 aromatic rings. The van der Waals surface area contributed by atoms with E-state index in [1.54, 1.807) is 6.07 Å². The van der Waals surface area contributed by atoms with Crippen molar-refractivity contribution >= 4 is 6.03 Å². The first-order chi connectivity index (χ1) is 16.7. The molecule has 2 amide bonds. The van der Waals surface area contributed by atoms with Gasteiger partial charge in [0, 0.05) is 68.8 Å². The first-order valence-electron chi connectivity index (χ1n) is 12.4. The molecular formula is C23H29F3N8O. The molecule has 2 aromatic heterocycles. The Hall–Kier alpha value is -2.63. The number of rotatable bonds is 5. The fourth-order valence-electron chi connectivity index (χ4n) is 6.58. The third kappa shape index (κ3) is 3.89. The monoisotopic (exact) mass is 490 g/mol. The number of carbonyl (C=O) groups excluding carboxylic acids is 1. The van der Waals surface area contributed by atoms with Gasteiger partial charge in [0.2, 0.25) is 0 Å². The number of hydrogen-bond donors (Lipinski definition) is 0. The highest BCUT2D eigenvalue weighted by atomic mass is 19.4. The molecule has 0 bridgehead atoms. The van der Waals surface area contributed by atoms with E-state index in [9.17, 15) is 18.0 Å². The van der Waals surface area contributed by atoms with Crippen molar-refractivity contribution in [3.8, 4) is 0 Å². The van der Waals surface area contributed by atoms with Crippen LogP contribution in [0.5, 0.6) is 0 Å². The molecular weight excluding hydrogens is 461 g/mol. The molecule has 2 saturated carbocycles. The lowest BCUT2D eigenvalue weighted by Crippen LogP contribution is -2.75. The zero-order chi connectivity index (χ0) is 24.0. The lowest BCUT2D eigenvalue weighted by atomic mass is 9.60. The standard InChI is InChI=1S/C23H29F3N8O/c24-23(25,26)14-33-4-3-17(28-33)7-30-8-22(9-30)12-32(13-22)20(35)31-10-21(11-31)5-18(6-21)34-15-27-19(29-34)16-1-2-16/h3-4,15-16,18H,1-2,5-14H2. The van der Waals surface area contributed by atoms with Gasteiger partial charge in [-0.25, -0.2) is 14.5 Å². The van der Waals surface area contributed by atoms with Crippen LogP contribution < -0.4 is 0 Å². The molecule has 5 aliphatic rings. The average molecular weight is 491 g/mol. The molecule has 35 heavy (non-hydrogen) atoms. The van der Waals surface area contributed by atoms with E-state index in [2.05, 4.69) is 20.1 Å². The zero-order valence-corrected chi connectivity index (χ0v) is 19.5. The van der Waals surface area contributed by atoms with Crippen LogP contribution in [0.15, 0.2) is 18.6 Å². The molecule has 0 aromatic carbocycles. The van der Waals surface area contributed by atoms with Crippen molar-refractivity contribution < 1.29 is 18.0 Å². The van der Waals surface area contributed by atoms with E-state index in [0.29, 0.717) is 24.2 Å². The molecule has 9 nitrogen and oxygen atoms in total. The van der Waals surface area contributed by atoms with Crippen LogP contribution in [0.4, 0.5) is 18.0 Å². The topological polar surface area (TPSA) is 75.3 Å². The summed E-state index contributed by atoms with van der Waals surface area (Å²) in [4.78, 5) is 23.5. The highest BCUT2D eigenvalue weighted by Gasteiger charge is 2.58. The molecule has 3 aliphatic heterocycles. The Balaban J connectivity index is 0.832. The summed E-state index contributed by atoms with van der Waals surface area (Å²) in [5, 5.41) is 8.70. The van der Waals surface area contributed by atoms with E-state index >= 15 is 0 Å². The van der Waals surface area contributed by atoms with Gasteiger partial charge in [0.15, 0.2) is 5.82 Å². The van der Waals surface area contributed by atoms with Gasteiger partial charge in [-0.1, -0.05) is 0 Å². The van der Waals surface area contributed by atoms with E-state index in [4.69, 9.17) is 0 Å². The quantitative estimate of drug-likeness (QED) is 0.644. The molecule has 2 spiro atoms. The number of urea groups is 1. The lowest BCUT2D eigenvalue weighted by Gasteiger charge is -2.63. The summed E-state index contributed by atoms with van der Waals surface area (Å²) in [6.45, 7) is 4.40. The number of carbonyl (C=O) groups is 1. The van der Waals surface area contributed by atoms with Gasteiger partial charge in [0.1, 0.15) is 12.9 Å². The highest BCUT2D eigenvalue weighted by molar-refractivity contribution is 5.77. The number of halogens is 3. The van der Waals surface area contributed by atoms with Crippen LogP contribution >= 0.6 is 0 Å². The minimum Gasteiger partial charge on any atom is -0.323 e. The number of nitrogens with zero attached hydrogens (tertiary/aromatic N) is 8. The Bertz CT molecular complexity index is 1130. The number of likely N-dealkylation sites (tertiary alicyclic amines) is 3. The summed E-state index contributed by atoms with van der Waals surface area (Å²) in [6.07, 6.45) is 3.56. The van der Waals surface area contributed by atoms with Gasteiger partial charge in [0.05, 0.1) is 11.7 Å². The molecule has 7 rings (SSSR count). The minimum atomic E-state index is -4.26. The molecule has 0 unspecified atom stereocenters. The van der Waals surface area contributed by atoms with Gasteiger partial charge in [0.25, 0.3) is 0 Å². The van der Waals surface area contributed by atoms with Crippen LogP contribution in [-0.2, 0) is 13.1 Å². The summed E-state index contributed by atoms with van der Waals surface area (Å²) in [6, 6.07) is 2.21. The first-order valence-corrected chi connectivity index (χ1v) is 12.4. The number of alkyl halides is 3. The molecule has 0 N–H and O–H groups in total. The number of hydrogen-bond acceptors (Lipinski definition) is 5. The van der Waals surface area contributed by atoms with Crippen LogP contribution in [0.1, 0.15) is 49.2 Å². The Morgan fingerprint density at radius 1 is 1.00 bits per heavy atom. The smallest absolute Gasteiger partial charge is 0.323 e. The predicted octanol–water partition coefficient (Wildman–Crippen LogP) is 2.49. The minimum absolute atomic E-state index is 0.140. The van der Waals surface area contributed by atoms with Crippen LogP contribution in [0.25, 0.3) is 0 Å². The Kier molecular flexibility index (Phi) is 4.45. The van der Waals surface area contributed by atoms with Crippen molar-refractivity contribution in [2.24, 2.45) is 10.8 Å². The predicted molar refractivity (Wildman–Crippen MR) is 117 cm³/mol. The fraction of sp³-hybridized carbons (Fsp3) is 0.739. The van der Waals surface area contributed by atoms with Crippen LogP contribution in [0, 0.1) is 10.8 Å². The summed E-state index contributed by atoms with van der Waals surface area (Å²) in [7, 11) is 0. The Morgan fingerprint density at radius 2 is 1.69 bits per heavy atom. The van der Waals surface area contributed by atoms with Gasteiger partial charge >= 0.3 is 12.2 Å². The van der Waals surface area contributed by atoms with Crippen LogP contribution in [0.3, 0.4) is 0 Å². The molecule has 12 heteroatoms. The Morgan fingerprint density at radius 3 is 2.34 bits per heavy atom. The number of amides is 2. The molecule has 188 valence electrons. The third-order valence-electron chi connectivity index (χ3n) is 8.37. The van der Waals surface area contributed by atoms with Crippen molar-refractivity contribution in [3.05, 3.63) is 30.1 Å². The van der Waals surface area contributed by atoms with Crippen LogP contribution in [0.2, 0.25) is 0 Å². The van der Waals surface area contributed by atoms with Crippen molar-refractivity contribution in [1.82, 2.24) is 39.2 Å². The van der Waals surface area contributed by atoms with Crippen molar-refractivity contribution in [2.75, 3.05) is 39.3 Å². The summed E-state index contributed by atoms with van der Waals surface area (Å²) < 4.78 is 40.5. The Labute approximate surface area is 200 Å². The summed E-state index contributed by atoms with van der Waals surface area (Å²) >= 11 is 0. The molecule has 0 atom stereocenters. The second kappa shape index (κ2) is 7.21. The van der Waals surface area contributed by atoms with Gasteiger partial charge in [-0.2, -0.15) is 23.4 Å². The fourth-order valence-corrected chi connectivity index (χ4v) is 6.58. The maximum atomic E-state index is 12.9. The molecule has 5 fully saturated rings. The van der Waals surface area contributed by atoms with E-state index in [1.807, 2.05) is 20.8 Å². The third-order valence-corrected chi connectivity index (χ3v) is 8.37. The second-order valence-electron chi connectivity index (χ2n) is 11.7. The molecule has 2 aliphatic carbocycles. The van der Waals surface area contributed by atoms with Gasteiger partial charge < -0.3 is 9.80 Å². The highest BCUT2D eigenvalue weighted by Crippen LogP contribution is 2.54. The second-order valence-corrected chi connectivity index (χ2v) is 11.7. The zero-order valence-electron chi connectivity index (χ0n) is 19.5. The normalized spacial score (nSPS) is 25.3. The van der Waals surface area contributed by atoms with E-state index in [-0.39, 0.29) is 16.9 Å². The maximum absolute atomic E-state index is 12.9. The largest absolute Gasteiger partial charge is 0.408 e. The van der Waals surface area contributed by atoms with Crippen molar-refractivity contribution in [3.63, 3.8) is 0 Å². The van der Waals surface area contributed by atoms with E-state index < -0.39 is 12.7 Å². The molecule has 3 saturated heterocycles. The van der Waals surface area contributed by atoms with Gasteiger partial charge in [-0.15, -0.1) is 0 Å².